The van der Waals surface area contributed by atoms with Gasteiger partial charge in [0, 0.05) is 41.9 Å². The number of hydrogen-bond acceptors (Lipinski definition) is 7. The number of aliphatic hydroxyl groups excluding tert-OH is 1. The molecule has 5 rings (SSSR count). The fraction of sp³-hybridized carbons (Fsp3) is 0.200. The number of carbonyl (C=O) groups is 3. The summed E-state index contributed by atoms with van der Waals surface area (Å²) in [4.78, 5) is 40.4. The molecule has 0 radical (unpaired) electrons. The summed E-state index contributed by atoms with van der Waals surface area (Å²) in [5.41, 5.74) is 1.90. The molecule has 3 N–H and O–H groups in total. The van der Waals surface area contributed by atoms with Gasteiger partial charge in [-0.2, -0.15) is 4.68 Å². The molecule has 1 saturated heterocycles. The van der Waals surface area contributed by atoms with Gasteiger partial charge < -0.3 is 20.6 Å². The van der Waals surface area contributed by atoms with Crippen molar-refractivity contribution in [2.24, 2.45) is 0 Å². The van der Waals surface area contributed by atoms with Crippen LogP contribution in [-0.4, -0.2) is 73.2 Å². The number of aromatic nitrogens is 4. The van der Waals surface area contributed by atoms with Gasteiger partial charge in [0.2, 0.25) is 11.8 Å². The second-order valence-electron chi connectivity index (χ2n) is 9.92. The molecule has 0 aliphatic carbocycles. The molecule has 1 aliphatic rings. The second-order valence-corrected chi connectivity index (χ2v) is 10.4. The first-order valence-corrected chi connectivity index (χ1v) is 13.8. The van der Waals surface area contributed by atoms with Crippen LogP contribution in [0.3, 0.4) is 0 Å². The van der Waals surface area contributed by atoms with Gasteiger partial charge in [-0.3, -0.25) is 14.4 Å². The lowest BCUT2D eigenvalue weighted by Gasteiger charge is -2.19. The summed E-state index contributed by atoms with van der Waals surface area (Å²) in [6, 6.07) is 16.9. The summed E-state index contributed by atoms with van der Waals surface area (Å²) in [5, 5.41) is 26.6. The van der Waals surface area contributed by atoms with E-state index in [1.54, 1.807) is 18.2 Å². The van der Waals surface area contributed by atoms with E-state index in [0.29, 0.717) is 29.2 Å². The van der Waals surface area contributed by atoms with Crippen molar-refractivity contribution < 1.29 is 23.9 Å². The lowest BCUT2D eigenvalue weighted by Crippen LogP contribution is -2.44. The van der Waals surface area contributed by atoms with Crippen molar-refractivity contribution in [3.05, 3.63) is 107 Å². The summed E-state index contributed by atoms with van der Waals surface area (Å²) in [6.07, 6.45) is 4.17. The minimum absolute atomic E-state index is 0.119. The number of amides is 3. The smallest absolute Gasteiger partial charge is 0.256 e. The number of tetrazole rings is 1. The number of likely N-dealkylation sites (tertiary alicyclic amines) is 1. The molecule has 0 unspecified atom stereocenters. The SMILES string of the molecule is O=C(/C=C/c1cc(Cl)ccc1-n1cnnn1)N[C@@H](Cc1ccccc1)C(=O)Nc1ccc(C(=O)N2CC[C@@H](O)C2)c(F)c1. The molecule has 220 valence electrons. The number of benzene rings is 3. The highest BCUT2D eigenvalue weighted by Crippen LogP contribution is 2.21. The van der Waals surface area contributed by atoms with Gasteiger partial charge in [0.15, 0.2) is 0 Å². The van der Waals surface area contributed by atoms with Crippen LogP contribution >= 0.6 is 11.6 Å². The summed E-state index contributed by atoms with van der Waals surface area (Å²) < 4.78 is 16.3. The van der Waals surface area contributed by atoms with Gasteiger partial charge in [-0.1, -0.05) is 41.9 Å². The zero-order chi connectivity index (χ0) is 30.3. The average Bonchev–Trinajstić information content (AvgIpc) is 3.68. The minimum Gasteiger partial charge on any atom is -0.391 e. The van der Waals surface area contributed by atoms with Gasteiger partial charge in [-0.15, -0.1) is 5.10 Å². The van der Waals surface area contributed by atoms with Crippen LogP contribution in [0, 0.1) is 5.82 Å². The van der Waals surface area contributed by atoms with Crippen molar-refractivity contribution in [3.63, 3.8) is 0 Å². The zero-order valence-electron chi connectivity index (χ0n) is 22.7. The standard InChI is InChI=1S/C30H27ClFN7O4/c31-21-7-10-27(39-18-33-36-37-39)20(15-21)6-11-28(41)35-26(14-19-4-2-1-3-5-19)29(42)34-22-8-9-24(25(32)16-22)30(43)38-13-12-23(40)17-38/h1-11,15-16,18,23,26,40H,12-14,17H2,(H,34,42)(H,35,41)/b11-6+/t23-,26+/m1/s1. The Kier molecular flexibility index (Phi) is 9.18. The van der Waals surface area contributed by atoms with Crippen LogP contribution in [0.4, 0.5) is 10.1 Å². The number of hydrogen-bond donors (Lipinski definition) is 3. The molecular formula is C30H27ClFN7O4. The van der Waals surface area contributed by atoms with E-state index in [2.05, 4.69) is 26.2 Å². The monoisotopic (exact) mass is 603 g/mol. The van der Waals surface area contributed by atoms with Gasteiger partial charge in [0.05, 0.1) is 17.4 Å². The maximum atomic E-state index is 14.9. The van der Waals surface area contributed by atoms with Gasteiger partial charge >= 0.3 is 0 Å². The first kappa shape index (κ1) is 29.5. The van der Waals surface area contributed by atoms with Gasteiger partial charge in [-0.25, -0.2) is 4.39 Å². The Balaban J connectivity index is 1.31. The molecule has 3 aromatic carbocycles. The maximum absolute atomic E-state index is 14.9. The van der Waals surface area contributed by atoms with E-state index < -0.39 is 35.7 Å². The molecule has 1 aliphatic heterocycles. The van der Waals surface area contributed by atoms with Crippen molar-refractivity contribution >= 4 is 41.1 Å². The van der Waals surface area contributed by atoms with Crippen molar-refractivity contribution in [3.8, 4) is 5.69 Å². The fourth-order valence-corrected chi connectivity index (χ4v) is 4.86. The Bertz CT molecular complexity index is 1650. The Morgan fingerprint density at radius 1 is 1.12 bits per heavy atom. The third kappa shape index (κ3) is 7.48. The second kappa shape index (κ2) is 13.4. The first-order chi connectivity index (χ1) is 20.8. The number of rotatable bonds is 9. The van der Waals surface area contributed by atoms with Crippen LogP contribution in [0.5, 0.6) is 0 Å². The Hall–Kier alpha value is -4.94. The normalized spacial score (nSPS) is 15.4. The molecule has 43 heavy (non-hydrogen) atoms. The van der Waals surface area contributed by atoms with E-state index in [9.17, 15) is 23.9 Å². The highest BCUT2D eigenvalue weighted by Gasteiger charge is 2.27. The third-order valence-electron chi connectivity index (χ3n) is 6.83. The number of β-amino-alcohol motifs (C(OH)–C–C–N with tert-alkyl or cyclic N) is 1. The summed E-state index contributed by atoms with van der Waals surface area (Å²) in [7, 11) is 0. The number of carbonyl (C=O) groups excluding carboxylic acids is 3. The molecule has 4 aromatic rings. The van der Waals surface area contributed by atoms with Crippen molar-refractivity contribution in [2.75, 3.05) is 18.4 Å². The van der Waals surface area contributed by atoms with Crippen LogP contribution in [0.15, 0.2) is 79.1 Å². The minimum atomic E-state index is -1.02. The lowest BCUT2D eigenvalue weighted by atomic mass is 10.0. The molecule has 0 saturated carbocycles. The molecular weight excluding hydrogens is 577 g/mol. The fourth-order valence-electron chi connectivity index (χ4n) is 4.68. The Labute approximate surface area is 251 Å². The van der Waals surface area contributed by atoms with Crippen LogP contribution in [-0.2, 0) is 16.0 Å². The molecule has 11 nitrogen and oxygen atoms in total. The number of anilines is 1. The van der Waals surface area contributed by atoms with Gasteiger partial charge in [0.1, 0.15) is 18.2 Å². The molecule has 0 spiro atoms. The van der Waals surface area contributed by atoms with Crippen LogP contribution < -0.4 is 10.6 Å². The quantitative estimate of drug-likeness (QED) is 0.250. The number of nitrogens with zero attached hydrogens (tertiary/aromatic N) is 5. The molecule has 0 bridgehead atoms. The van der Waals surface area contributed by atoms with E-state index in [-0.39, 0.29) is 24.2 Å². The Morgan fingerprint density at radius 2 is 1.93 bits per heavy atom. The van der Waals surface area contributed by atoms with Crippen molar-refractivity contribution in [1.29, 1.82) is 0 Å². The summed E-state index contributed by atoms with van der Waals surface area (Å²) in [6.45, 7) is 0.478. The molecule has 1 aromatic heterocycles. The van der Waals surface area contributed by atoms with Crippen LogP contribution in [0.25, 0.3) is 11.8 Å². The molecule has 13 heteroatoms. The number of nitrogens with one attached hydrogen (secondary N) is 2. The van der Waals surface area contributed by atoms with E-state index >= 15 is 0 Å². The average molecular weight is 604 g/mol. The maximum Gasteiger partial charge on any atom is 0.256 e. The van der Waals surface area contributed by atoms with Crippen molar-refractivity contribution in [1.82, 2.24) is 30.4 Å². The lowest BCUT2D eigenvalue weighted by molar-refractivity contribution is -0.123. The van der Waals surface area contributed by atoms with E-state index in [1.807, 2.05) is 30.3 Å². The highest BCUT2D eigenvalue weighted by atomic mass is 35.5. The molecule has 1 fully saturated rings. The Morgan fingerprint density at radius 3 is 2.63 bits per heavy atom. The van der Waals surface area contributed by atoms with Gasteiger partial charge in [-0.05, 0) is 64.9 Å². The molecule has 2 heterocycles. The first-order valence-electron chi connectivity index (χ1n) is 13.4. The largest absolute Gasteiger partial charge is 0.391 e. The summed E-state index contributed by atoms with van der Waals surface area (Å²) >= 11 is 6.16. The molecule has 2 atom stereocenters. The topological polar surface area (TPSA) is 142 Å². The molecule has 3 amide bonds. The number of aliphatic hydroxyl groups is 1. The van der Waals surface area contributed by atoms with Crippen LogP contribution in [0.2, 0.25) is 5.02 Å². The van der Waals surface area contributed by atoms with E-state index in [1.165, 1.54) is 40.2 Å². The predicted molar refractivity (Wildman–Crippen MR) is 157 cm³/mol. The predicted octanol–water partition coefficient (Wildman–Crippen LogP) is 3.04. The highest BCUT2D eigenvalue weighted by molar-refractivity contribution is 6.30. The van der Waals surface area contributed by atoms with E-state index in [4.69, 9.17) is 11.6 Å². The van der Waals surface area contributed by atoms with Gasteiger partial charge in [0.25, 0.3) is 5.91 Å². The van der Waals surface area contributed by atoms with Crippen LogP contribution in [0.1, 0.15) is 27.9 Å². The number of halogens is 2. The summed E-state index contributed by atoms with van der Waals surface area (Å²) in [5.74, 6) is -2.48. The van der Waals surface area contributed by atoms with E-state index in [0.717, 1.165) is 11.6 Å². The zero-order valence-corrected chi connectivity index (χ0v) is 23.5. The van der Waals surface area contributed by atoms with Crippen molar-refractivity contribution in [2.45, 2.75) is 25.0 Å². The third-order valence-corrected chi connectivity index (χ3v) is 7.07.